The van der Waals surface area contributed by atoms with E-state index in [0.29, 0.717) is 18.3 Å². The molecule has 124 valence electrons. The molecule has 0 bridgehead atoms. The molecule has 0 fully saturated rings. The third kappa shape index (κ3) is 5.54. The first-order valence-corrected chi connectivity index (χ1v) is 8.09. The van der Waals surface area contributed by atoms with E-state index in [1.54, 1.807) is 6.07 Å². The number of hydrogen-bond donors (Lipinski definition) is 2. The highest BCUT2D eigenvalue weighted by atomic mass is 19.1. The molecular weight excluding hydrogens is 279 g/mol. The van der Waals surface area contributed by atoms with Gasteiger partial charge < -0.3 is 15.5 Å². The highest BCUT2D eigenvalue weighted by molar-refractivity contribution is 5.80. The summed E-state index contributed by atoms with van der Waals surface area (Å²) in [5.41, 5.74) is 1.53. The quantitative estimate of drug-likeness (QED) is 0.600. The van der Waals surface area contributed by atoms with Crippen LogP contribution in [0.3, 0.4) is 0 Å². The zero-order valence-electron chi connectivity index (χ0n) is 14.4. The Labute approximate surface area is 133 Å². The van der Waals surface area contributed by atoms with Gasteiger partial charge in [0.25, 0.3) is 0 Å². The summed E-state index contributed by atoms with van der Waals surface area (Å²) in [5, 5.41) is 6.43. The lowest BCUT2D eigenvalue weighted by molar-refractivity contribution is 0.617. The van der Waals surface area contributed by atoms with Crippen molar-refractivity contribution in [2.75, 3.05) is 24.5 Å². The number of halogens is 1. The number of aliphatic imine (C=N–C) groups is 1. The maximum Gasteiger partial charge on any atom is 0.191 e. The van der Waals surface area contributed by atoms with E-state index in [9.17, 15) is 4.39 Å². The maximum absolute atomic E-state index is 14.2. The van der Waals surface area contributed by atoms with Crippen LogP contribution in [-0.2, 0) is 6.54 Å². The van der Waals surface area contributed by atoms with Gasteiger partial charge in [0.05, 0.1) is 12.2 Å². The number of anilines is 1. The molecule has 0 aliphatic heterocycles. The molecule has 0 heterocycles. The molecule has 0 aliphatic rings. The van der Waals surface area contributed by atoms with Crippen molar-refractivity contribution in [2.24, 2.45) is 4.99 Å². The average molecular weight is 308 g/mol. The van der Waals surface area contributed by atoms with Crippen molar-refractivity contribution in [3.63, 3.8) is 0 Å². The summed E-state index contributed by atoms with van der Waals surface area (Å²) in [6.07, 6.45) is 0. The molecular formula is C17H29FN4. The summed E-state index contributed by atoms with van der Waals surface area (Å²) in [7, 11) is 0. The number of nitrogens with zero attached hydrogens (tertiary/aromatic N) is 2. The molecule has 0 aliphatic carbocycles. The minimum absolute atomic E-state index is 0.182. The molecule has 0 saturated carbocycles. The van der Waals surface area contributed by atoms with Gasteiger partial charge in [0.15, 0.2) is 5.96 Å². The lowest BCUT2D eigenvalue weighted by Crippen LogP contribution is -2.41. The normalized spacial score (nSPS) is 11.7. The van der Waals surface area contributed by atoms with Crippen molar-refractivity contribution in [3.8, 4) is 0 Å². The molecule has 2 N–H and O–H groups in total. The van der Waals surface area contributed by atoms with Gasteiger partial charge in [0.2, 0.25) is 0 Å². The molecule has 22 heavy (non-hydrogen) atoms. The smallest absolute Gasteiger partial charge is 0.191 e. The minimum atomic E-state index is -0.182. The van der Waals surface area contributed by atoms with Gasteiger partial charge in [-0.2, -0.15) is 0 Å². The Hall–Kier alpha value is -1.78. The van der Waals surface area contributed by atoms with Gasteiger partial charge in [0, 0.05) is 25.7 Å². The van der Waals surface area contributed by atoms with Crippen LogP contribution in [0.2, 0.25) is 0 Å². The van der Waals surface area contributed by atoms with E-state index in [4.69, 9.17) is 0 Å². The molecule has 0 amide bonds. The first-order chi connectivity index (χ1) is 10.5. The third-order valence-corrected chi connectivity index (χ3v) is 3.31. The SMILES string of the molecule is CCNC(=NCc1ccc(N(CC)CC)c(F)c1)NC(C)C. The zero-order chi connectivity index (χ0) is 16.5. The fraction of sp³-hybridized carbons (Fsp3) is 0.588. The van der Waals surface area contributed by atoms with E-state index in [0.717, 1.165) is 31.2 Å². The second-order valence-electron chi connectivity index (χ2n) is 5.45. The molecule has 0 atom stereocenters. The van der Waals surface area contributed by atoms with Crippen LogP contribution < -0.4 is 15.5 Å². The van der Waals surface area contributed by atoms with Gasteiger partial charge in [-0.15, -0.1) is 0 Å². The number of hydrogen-bond acceptors (Lipinski definition) is 2. The van der Waals surface area contributed by atoms with Gasteiger partial charge in [-0.25, -0.2) is 9.38 Å². The Morgan fingerprint density at radius 2 is 1.91 bits per heavy atom. The second-order valence-corrected chi connectivity index (χ2v) is 5.45. The van der Waals surface area contributed by atoms with Crippen molar-refractivity contribution in [2.45, 2.75) is 47.2 Å². The predicted octanol–water partition coefficient (Wildman–Crippen LogP) is 3.14. The zero-order valence-corrected chi connectivity index (χ0v) is 14.4. The van der Waals surface area contributed by atoms with Crippen molar-refractivity contribution in [1.82, 2.24) is 10.6 Å². The van der Waals surface area contributed by atoms with Gasteiger partial charge in [-0.1, -0.05) is 6.07 Å². The first-order valence-electron chi connectivity index (χ1n) is 8.09. The lowest BCUT2D eigenvalue weighted by Gasteiger charge is -2.21. The molecule has 5 heteroatoms. The standard InChI is InChI=1S/C17H29FN4/c1-6-19-17(21-13(4)5)20-12-14-9-10-16(15(18)11-14)22(7-2)8-3/h9-11,13H,6-8,12H2,1-5H3,(H2,19,20,21). The van der Waals surface area contributed by atoms with Gasteiger partial charge in [0.1, 0.15) is 5.82 Å². The minimum Gasteiger partial charge on any atom is -0.370 e. The third-order valence-electron chi connectivity index (χ3n) is 3.31. The second kappa shape index (κ2) is 9.28. The highest BCUT2D eigenvalue weighted by Gasteiger charge is 2.09. The van der Waals surface area contributed by atoms with E-state index in [1.165, 1.54) is 0 Å². The van der Waals surface area contributed by atoms with E-state index in [2.05, 4.69) is 29.5 Å². The highest BCUT2D eigenvalue weighted by Crippen LogP contribution is 2.20. The molecule has 0 aromatic heterocycles. The topological polar surface area (TPSA) is 39.7 Å². The molecule has 1 aromatic carbocycles. The summed E-state index contributed by atoms with van der Waals surface area (Å²) in [6.45, 7) is 13.1. The maximum atomic E-state index is 14.2. The molecule has 0 radical (unpaired) electrons. The Balaban J connectivity index is 2.83. The van der Waals surface area contributed by atoms with E-state index in [1.807, 2.05) is 37.8 Å². The molecule has 1 aromatic rings. The Bertz CT molecular complexity index is 482. The summed E-state index contributed by atoms with van der Waals surface area (Å²) in [5.74, 6) is 0.573. The Morgan fingerprint density at radius 3 is 2.41 bits per heavy atom. The number of nitrogens with one attached hydrogen (secondary N) is 2. The van der Waals surface area contributed by atoms with Crippen molar-refractivity contribution in [1.29, 1.82) is 0 Å². The number of rotatable bonds is 7. The Kier molecular flexibility index (Phi) is 7.71. The van der Waals surface area contributed by atoms with Crippen molar-refractivity contribution >= 4 is 11.6 Å². The van der Waals surface area contributed by atoms with E-state index >= 15 is 0 Å². The fourth-order valence-corrected chi connectivity index (χ4v) is 2.23. The molecule has 4 nitrogen and oxygen atoms in total. The average Bonchev–Trinajstić information content (AvgIpc) is 2.47. The Morgan fingerprint density at radius 1 is 1.23 bits per heavy atom. The van der Waals surface area contributed by atoms with Crippen molar-refractivity contribution < 1.29 is 4.39 Å². The van der Waals surface area contributed by atoms with Crippen LogP contribution in [-0.4, -0.2) is 31.6 Å². The fourth-order valence-electron chi connectivity index (χ4n) is 2.23. The lowest BCUT2D eigenvalue weighted by atomic mass is 10.2. The largest absolute Gasteiger partial charge is 0.370 e. The molecule has 0 unspecified atom stereocenters. The van der Waals surface area contributed by atoms with Gasteiger partial charge in [-0.3, -0.25) is 0 Å². The number of benzene rings is 1. The monoisotopic (exact) mass is 308 g/mol. The summed E-state index contributed by atoms with van der Waals surface area (Å²) in [4.78, 5) is 6.50. The summed E-state index contributed by atoms with van der Waals surface area (Å²) in [6, 6.07) is 5.67. The molecule has 1 rings (SSSR count). The van der Waals surface area contributed by atoms with Crippen LogP contribution in [0.15, 0.2) is 23.2 Å². The molecule has 0 saturated heterocycles. The van der Waals surface area contributed by atoms with Crippen LogP contribution in [0.4, 0.5) is 10.1 Å². The number of guanidine groups is 1. The van der Waals surface area contributed by atoms with Gasteiger partial charge in [-0.05, 0) is 52.3 Å². The predicted molar refractivity (Wildman–Crippen MR) is 93.0 cm³/mol. The van der Waals surface area contributed by atoms with E-state index in [-0.39, 0.29) is 5.82 Å². The van der Waals surface area contributed by atoms with Crippen molar-refractivity contribution in [3.05, 3.63) is 29.6 Å². The van der Waals surface area contributed by atoms with Crippen LogP contribution >= 0.6 is 0 Å². The van der Waals surface area contributed by atoms with Crippen LogP contribution in [0, 0.1) is 5.82 Å². The van der Waals surface area contributed by atoms with Crippen LogP contribution in [0.5, 0.6) is 0 Å². The van der Waals surface area contributed by atoms with Crippen LogP contribution in [0.25, 0.3) is 0 Å². The molecule has 0 spiro atoms. The summed E-state index contributed by atoms with van der Waals surface area (Å²) >= 11 is 0. The van der Waals surface area contributed by atoms with E-state index < -0.39 is 0 Å². The van der Waals surface area contributed by atoms with Gasteiger partial charge >= 0.3 is 0 Å². The summed E-state index contributed by atoms with van der Waals surface area (Å²) < 4.78 is 14.2. The van der Waals surface area contributed by atoms with Crippen LogP contribution in [0.1, 0.15) is 40.2 Å². The first kappa shape index (κ1) is 18.3.